The maximum atomic E-state index is 13.1. The second-order valence-electron chi connectivity index (χ2n) is 2.54. The fourth-order valence-corrected chi connectivity index (χ4v) is 1.22. The molecule has 0 saturated heterocycles. The van der Waals surface area contributed by atoms with E-state index in [0.717, 1.165) is 4.47 Å². The van der Waals surface area contributed by atoms with Crippen molar-refractivity contribution in [3.63, 3.8) is 0 Å². The molecule has 0 fully saturated rings. The number of ether oxygens (including phenoxy) is 1. The maximum Gasteiger partial charge on any atom is 0.129 e. The van der Waals surface area contributed by atoms with E-state index < -0.39 is 0 Å². The van der Waals surface area contributed by atoms with Crippen molar-refractivity contribution in [2.45, 2.75) is 6.61 Å². The Labute approximate surface area is 85.3 Å². The first kappa shape index (κ1) is 10.4. The van der Waals surface area contributed by atoms with Crippen molar-refractivity contribution in [3.05, 3.63) is 46.7 Å². The topological polar surface area (TPSA) is 9.23 Å². The van der Waals surface area contributed by atoms with Crippen LogP contribution in [0.2, 0.25) is 0 Å². The summed E-state index contributed by atoms with van der Waals surface area (Å²) in [7, 11) is 0. The van der Waals surface area contributed by atoms with Crippen LogP contribution in [0.25, 0.3) is 0 Å². The third kappa shape index (κ3) is 3.28. The first-order chi connectivity index (χ1) is 6.24. The van der Waals surface area contributed by atoms with E-state index in [1.54, 1.807) is 18.2 Å². The molecule has 1 aromatic rings. The van der Waals surface area contributed by atoms with Gasteiger partial charge in [0.1, 0.15) is 5.82 Å². The van der Waals surface area contributed by atoms with Gasteiger partial charge in [-0.1, -0.05) is 28.1 Å². The molecule has 0 heterocycles. The van der Waals surface area contributed by atoms with E-state index in [9.17, 15) is 4.39 Å². The van der Waals surface area contributed by atoms with Gasteiger partial charge in [-0.3, -0.25) is 0 Å². The average Bonchev–Trinajstić information content (AvgIpc) is 2.09. The highest BCUT2D eigenvalue weighted by molar-refractivity contribution is 9.10. The summed E-state index contributed by atoms with van der Waals surface area (Å²) in [4.78, 5) is 0. The van der Waals surface area contributed by atoms with Crippen LogP contribution >= 0.6 is 15.9 Å². The zero-order valence-corrected chi connectivity index (χ0v) is 8.68. The summed E-state index contributed by atoms with van der Waals surface area (Å²) in [6.07, 6.45) is 1.64. The second kappa shape index (κ2) is 5.14. The van der Waals surface area contributed by atoms with Gasteiger partial charge in [-0.15, -0.1) is 6.58 Å². The molecule has 0 bridgehead atoms. The third-order valence-corrected chi connectivity index (χ3v) is 2.00. The maximum absolute atomic E-state index is 13.1. The first-order valence-electron chi connectivity index (χ1n) is 3.86. The molecule has 0 spiro atoms. The number of halogens is 2. The predicted molar refractivity (Wildman–Crippen MR) is 54.0 cm³/mol. The van der Waals surface area contributed by atoms with E-state index in [4.69, 9.17) is 4.74 Å². The minimum absolute atomic E-state index is 0.251. The molecular weight excluding hydrogens is 235 g/mol. The van der Waals surface area contributed by atoms with Crippen molar-refractivity contribution >= 4 is 15.9 Å². The van der Waals surface area contributed by atoms with Crippen LogP contribution in [0.5, 0.6) is 0 Å². The molecule has 1 aromatic carbocycles. The van der Waals surface area contributed by atoms with Crippen molar-refractivity contribution < 1.29 is 9.13 Å². The largest absolute Gasteiger partial charge is 0.373 e. The Hall–Kier alpha value is -0.670. The summed E-state index contributed by atoms with van der Waals surface area (Å²) < 4.78 is 19.0. The Morgan fingerprint density at radius 1 is 1.54 bits per heavy atom. The summed E-state index contributed by atoms with van der Waals surface area (Å²) >= 11 is 3.18. The van der Waals surface area contributed by atoms with Crippen LogP contribution in [0.1, 0.15) is 5.56 Å². The second-order valence-corrected chi connectivity index (χ2v) is 3.46. The molecule has 0 aromatic heterocycles. The van der Waals surface area contributed by atoms with Gasteiger partial charge in [0, 0.05) is 10.0 Å². The zero-order chi connectivity index (χ0) is 9.68. The minimum atomic E-state index is -0.251. The molecule has 0 atom stereocenters. The molecule has 0 radical (unpaired) electrons. The number of rotatable bonds is 4. The van der Waals surface area contributed by atoms with Crippen LogP contribution in [-0.2, 0) is 11.3 Å². The summed E-state index contributed by atoms with van der Waals surface area (Å²) in [6, 6.07) is 4.91. The van der Waals surface area contributed by atoms with Gasteiger partial charge in [-0.25, -0.2) is 4.39 Å². The third-order valence-electron chi connectivity index (χ3n) is 1.51. The molecule has 0 N–H and O–H groups in total. The van der Waals surface area contributed by atoms with E-state index in [0.29, 0.717) is 12.2 Å². The van der Waals surface area contributed by atoms with E-state index in [2.05, 4.69) is 22.5 Å². The number of hydrogen-bond donors (Lipinski definition) is 0. The number of hydrogen-bond acceptors (Lipinski definition) is 1. The Morgan fingerprint density at radius 3 is 2.92 bits per heavy atom. The molecule has 0 aliphatic carbocycles. The van der Waals surface area contributed by atoms with Crippen molar-refractivity contribution in [2.24, 2.45) is 0 Å². The molecule has 13 heavy (non-hydrogen) atoms. The van der Waals surface area contributed by atoms with E-state index in [-0.39, 0.29) is 12.4 Å². The van der Waals surface area contributed by atoms with Gasteiger partial charge >= 0.3 is 0 Å². The number of benzene rings is 1. The van der Waals surface area contributed by atoms with Crippen LogP contribution < -0.4 is 0 Å². The smallest absolute Gasteiger partial charge is 0.129 e. The molecule has 0 aliphatic heterocycles. The molecule has 1 rings (SSSR count). The molecule has 1 nitrogen and oxygen atoms in total. The van der Waals surface area contributed by atoms with Gasteiger partial charge < -0.3 is 4.74 Å². The lowest BCUT2D eigenvalue weighted by Crippen LogP contribution is -1.95. The van der Waals surface area contributed by atoms with Crippen LogP contribution in [0.15, 0.2) is 35.3 Å². The summed E-state index contributed by atoms with van der Waals surface area (Å²) in [5.41, 5.74) is 0.560. The lowest BCUT2D eigenvalue weighted by atomic mass is 10.2. The molecule has 0 saturated carbocycles. The van der Waals surface area contributed by atoms with E-state index in [1.165, 1.54) is 6.07 Å². The first-order valence-corrected chi connectivity index (χ1v) is 4.66. The Morgan fingerprint density at radius 2 is 2.31 bits per heavy atom. The van der Waals surface area contributed by atoms with E-state index in [1.807, 2.05) is 0 Å². The van der Waals surface area contributed by atoms with Crippen LogP contribution in [0.3, 0.4) is 0 Å². The van der Waals surface area contributed by atoms with Gasteiger partial charge in [0.25, 0.3) is 0 Å². The van der Waals surface area contributed by atoms with Gasteiger partial charge in [-0.2, -0.15) is 0 Å². The Kier molecular flexibility index (Phi) is 4.12. The minimum Gasteiger partial charge on any atom is -0.373 e. The van der Waals surface area contributed by atoms with Gasteiger partial charge in [-0.05, 0) is 12.1 Å². The molecule has 0 aliphatic rings. The molecular formula is C10H10BrFO. The molecule has 3 heteroatoms. The average molecular weight is 245 g/mol. The highest BCUT2D eigenvalue weighted by Crippen LogP contribution is 2.15. The predicted octanol–water partition coefficient (Wildman–Crippen LogP) is 3.29. The highest BCUT2D eigenvalue weighted by Gasteiger charge is 2.01. The standard InChI is InChI=1S/C10H10BrFO/c1-2-5-13-7-8-3-4-9(11)6-10(8)12/h2-4,6H,1,5,7H2. The Balaban J connectivity index is 2.61. The van der Waals surface area contributed by atoms with Gasteiger partial charge in [0.05, 0.1) is 13.2 Å². The van der Waals surface area contributed by atoms with Crippen molar-refractivity contribution in [3.8, 4) is 0 Å². The highest BCUT2D eigenvalue weighted by atomic mass is 79.9. The molecule has 0 unspecified atom stereocenters. The summed E-state index contributed by atoms with van der Waals surface area (Å²) in [6.45, 7) is 4.23. The van der Waals surface area contributed by atoms with Crippen molar-refractivity contribution in [2.75, 3.05) is 6.61 Å². The Bertz CT molecular complexity index is 299. The van der Waals surface area contributed by atoms with Gasteiger partial charge in [0.15, 0.2) is 0 Å². The quantitative estimate of drug-likeness (QED) is 0.584. The summed E-state index contributed by atoms with van der Waals surface area (Å²) in [5.74, 6) is -0.251. The van der Waals surface area contributed by atoms with Crippen LogP contribution in [0.4, 0.5) is 4.39 Å². The zero-order valence-electron chi connectivity index (χ0n) is 7.09. The monoisotopic (exact) mass is 244 g/mol. The van der Waals surface area contributed by atoms with Crippen molar-refractivity contribution in [1.82, 2.24) is 0 Å². The SMILES string of the molecule is C=CCOCc1ccc(Br)cc1F. The fourth-order valence-electron chi connectivity index (χ4n) is 0.891. The van der Waals surface area contributed by atoms with Gasteiger partial charge in [0.2, 0.25) is 0 Å². The van der Waals surface area contributed by atoms with Crippen molar-refractivity contribution in [1.29, 1.82) is 0 Å². The lowest BCUT2D eigenvalue weighted by molar-refractivity contribution is 0.146. The summed E-state index contributed by atoms with van der Waals surface area (Å²) in [5, 5.41) is 0. The fraction of sp³-hybridized carbons (Fsp3) is 0.200. The molecule has 0 amide bonds. The molecule has 70 valence electrons. The normalized spacial score (nSPS) is 10.0. The van der Waals surface area contributed by atoms with Crippen LogP contribution in [0, 0.1) is 5.82 Å². The van der Waals surface area contributed by atoms with Crippen LogP contribution in [-0.4, -0.2) is 6.61 Å². The van der Waals surface area contributed by atoms with E-state index >= 15 is 0 Å². The lowest BCUT2D eigenvalue weighted by Gasteiger charge is -2.03.